The molecule has 1 saturated heterocycles. The fraction of sp³-hybridized carbons (Fsp3) is 0.304. The Hall–Kier alpha value is -2.50. The summed E-state index contributed by atoms with van der Waals surface area (Å²) in [6.07, 6.45) is 5.80. The third-order valence-corrected chi connectivity index (χ3v) is 6.14. The average Bonchev–Trinajstić information content (AvgIpc) is 3.40. The second-order valence-electron chi connectivity index (χ2n) is 7.19. The molecule has 2 heterocycles. The Morgan fingerprint density at radius 1 is 1.07 bits per heavy atom. The molecule has 0 N–H and O–H groups in total. The van der Waals surface area contributed by atoms with E-state index < -0.39 is 5.60 Å². The van der Waals surface area contributed by atoms with E-state index in [0.29, 0.717) is 0 Å². The minimum absolute atomic E-state index is 0.0894. The number of likely N-dealkylation sites (tertiary alicyclic amines) is 1. The van der Waals surface area contributed by atoms with E-state index >= 15 is 0 Å². The SMILES string of the molecule is COC(c1ccccc1)(c1ccccc1)[C@H]1CCCN1C(=S)c1nccn1C. The van der Waals surface area contributed by atoms with Crippen LogP contribution in [0, 0.1) is 0 Å². The molecule has 1 aliphatic heterocycles. The molecule has 28 heavy (non-hydrogen) atoms. The van der Waals surface area contributed by atoms with Crippen LogP contribution in [0.1, 0.15) is 29.8 Å². The number of aryl methyl sites for hydroxylation is 1. The maximum atomic E-state index is 6.39. The van der Waals surface area contributed by atoms with Gasteiger partial charge in [0.25, 0.3) is 0 Å². The maximum Gasteiger partial charge on any atom is 0.167 e. The highest BCUT2D eigenvalue weighted by Crippen LogP contribution is 2.43. The van der Waals surface area contributed by atoms with E-state index in [2.05, 4.69) is 58.4 Å². The van der Waals surface area contributed by atoms with Crippen LogP contribution in [0.4, 0.5) is 0 Å². The van der Waals surface area contributed by atoms with Crippen molar-refractivity contribution in [3.8, 4) is 0 Å². The van der Waals surface area contributed by atoms with E-state index in [0.717, 1.165) is 41.3 Å². The lowest BCUT2D eigenvalue weighted by Gasteiger charge is -2.43. The van der Waals surface area contributed by atoms with Gasteiger partial charge in [0.15, 0.2) is 5.82 Å². The summed E-state index contributed by atoms with van der Waals surface area (Å²) < 4.78 is 8.38. The summed E-state index contributed by atoms with van der Waals surface area (Å²) in [5.74, 6) is 0.827. The van der Waals surface area contributed by atoms with Crippen molar-refractivity contribution in [2.24, 2.45) is 7.05 Å². The topological polar surface area (TPSA) is 30.3 Å². The molecule has 4 nitrogen and oxygen atoms in total. The van der Waals surface area contributed by atoms with Crippen LogP contribution in [0.2, 0.25) is 0 Å². The molecule has 1 atom stereocenters. The Kier molecular flexibility index (Phi) is 5.29. The molecule has 1 aromatic heterocycles. The molecular formula is C23H25N3OS. The summed E-state index contributed by atoms with van der Waals surface area (Å²) in [4.78, 5) is 7.57. The summed E-state index contributed by atoms with van der Waals surface area (Å²) in [6, 6.07) is 21.1. The maximum absolute atomic E-state index is 6.39. The van der Waals surface area contributed by atoms with E-state index in [1.807, 2.05) is 29.9 Å². The third kappa shape index (κ3) is 3.05. The summed E-state index contributed by atoms with van der Waals surface area (Å²) >= 11 is 5.90. The second kappa shape index (κ2) is 7.86. The van der Waals surface area contributed by atoms with Crippen LogP contribution < -0.4 is 0 Å². The predicted octanol–water partition coefficient (Wildman–Crippen LogP) is 4.15. The summed E-state index contributed by atoms with van der Waals surface area (Å²) in [6.45, 7) is 0.904. The molecule has 3 aromatic rings. The molecule has 2 aromatic carbocycles. The van der Waals surface area contributed by atoms with Gasteiger partial charge in [-0.05, 0) is 24.0 Å². The Morgan fingerprint density at radius 2 is 1.68 bits per heavy atom. The zero-order valence-corrected chi connectivity index (χ0v) is 17.1. The van der Waals surface area contributed by atoms with E-state index in [9.17, 15) is 0 Å². The van der Waals surface area contributed by atoms with E-state index in [1.165, 1.54) is 0 Å². The minimum Gasteiger partial charge on any atom is -0.367 e. The lowest BCUT2D eigenvalue weighted by Crippen LogP contribution is -2.51. The van der Waals surface area contributed by atoms with Crippen molar-refractivity contribution < 1.29 is 4.74 Å². The van der Waals surface area contributed by atoms with Crippen LogP contribution in [-0.2, 0) is 17.4 Å². The van der Waals surface area contributed by atoms with Crippen molar-refractivity contribution in [2.45, 2.75) is 24.5 Å². The van der Waals surface area contributed by atoms with Crippen LogP contribution in [0.15, 0.2) is 73.1 Å². The van der Waals surface area contributed by atoms with Crippen molar-refractivity contribution in [1.29, 1.82) is 0 Å². The number of benzene rings is 2. The van der Waals surface area contributed by atoms with E-state index in [1.54, 1.807) is 13.3 Å². The normalized spacial score (nSPS) is 17.1. The van der Waals surface area contributed by atoms with Gasteiger partial charge in [-0.1, -0.05) is 72.9 Å². The molecule has 0 bridgehead atoms. The molecule has 0 saturated carbocycles. The lowest BCUT2D eigenvalue weighted by molar-refractivity contribution is -0.0265. The molecule has 0 aliphatic carbocycles. The lowest BCUT2D eigenvalue weighted by atomic mass is 9.78. The Morgan fingerprint density at radius 3 is 2.18 bits per heavy atom. The number of methoxy groups -OCH3 is 1. The fourth-order valence-corrected chi connectivity index (χ4v) is 4.84. The standard InChI is InChI=1S/C23H25N3OS/c1-25-17-15-24-21(25)22(28)26-16-9-14-20(26)23(27-2,18-10-5-3-6-11-18)19-12-7-4-8-13-19/h3-8,10-13,15,17,20H,9,14,16H2,1-2H3/t20-/m1/s1. The monoisotopic (exact) mass is 391 g/mol. The molecule has 1 aliphatic rings. The van der Waals surface area contributed by atoms with Gasteiger partial charge >= 0.3 is 0 Å². The molecule has 0 radical (unpaired) electrons. The van der Waals surface area contributed by atoms with Crippen LogP contribution in [0.5, 0.6) is 0 Å². The highest BCUT2D eigenvalue weighted by Gasteiger charge is 2.48. The van der Waals surface area contributed by atoms with Crippen molar-refractivity contribution >= 4 is 17.2 Å². The fourth-order valence-electron chi connectivity index (χ4n) is 4.43. The van der Waals surface area contributed by atoms with Crippen molar-refractivity contribution in [1.82, 2.24) is 14.5 Å². The van der Waals surface area contributed by atoms with Gasteiger partial charge in [0.2, 0.25) is 0 Å². The number of rotatable bonds is 5. The van der Waals surface area contributed by atoms with Gasteiger partial charge in [-0.25, -0.2) is 4.98 Å². The second-order valence-corrected chi connectivity index (χ2v) is 7.58. The first-order chi connectivity index (χ1) is 13.7. The molecule has 5 heteroatoms. The summed E-state index contributed by atoms with van der Waals surface area (Å²) in [5, 5.41) is 0. The number of hydrogen-bond donors (Lipinski definition) is 0. The van der Waals surface area contributed by atoms with E-state index in [-0.39, 0.29) is 6.04 Å². The molecule has 0 unspecified atom stereocenters. The predicted molar refractivity (Wildman–Crippen MR) is 115 cm³/mol. The summed E-state index contributed by atoms with van der Waals surface area (Å²) in [5.41, 5.74) is 1.68. The number of nitrogens with zero attached hydrogens (tertiary/aromatic N) is 3. The van der Waals surface area contributed by atoms with Gasteiger partial charge in [0.1, 0.15) is 10.6 Å². The molecule has 4 rings (SSSR count). The van der Waals surface area contributed by atoms with Gasteiger partial charge in [0, 0.05) is 33.1 Å². The molecule has 144 valence electrons. The third-order valence-electron chi connectivity index (χ3n) is 5.72. The largest absolute Gasteiger partial charge is 0.367 e. The number of hydrogen-bond acceptors (Lipinski definition) is 3. The number of imidazole rings is 1. The summed E-state index contributed by atoms with van der Waals surface area (Å²) in [7, 11) is 3.79. The average molecular weight is 392 g/mol. The van der Waals surface area contributed by atoms with Gasteiger partial charge in [-0.2, -0.15) is 0 Å². The number of aromatic nitrogens is 2. The van der Waals surface area contributed by atoms with Crippen LogP contribution in [-0.4, -0.2) is 39.1 Å². The van der Waals surface area contributed by atoms with Crippen molar-refractivity contribution in [3.05, 3.63) is 90.0 Å². The first-order valence-corrected chi connectivity index (χ1v) is 10.0. The van der Waals surface area contributed by atoms with Gasteiger partial charge in [0.05, 0.1) is 6.04 Å². The smallest absolute Gasteiger partial charge is 0.167 e. The minimum atomic E-state index is -0.603. The van der Waals surface area contributed by atoms with Gasteiger partial charge in [-0.3, -0.25) is 0 Å². The quantitative estimate of drug-likeness (QED) is 0.611. The van der Waals surface area contributed by atoms with Crippen LogP contribution in [0.25, 0.3) is 0 Å². The highest BCUT2D eigenvalue weighted by molar-refractivity contribution is 7.80. The van der Waals surface area contributed by atoms with Crippen LogP contribution >= 0.6 is 12.2 Å². The number of ether oxygens (including phenoxy) is 1. The Balaban J connectivity index is 1.84. The first kappa shape index (κ1) is 18.8. The van der Waals surface area contributed by atoms with Gasteiger partial charge in [-0.15, -0.1) is 0 Å². The first-order valence-electron chi connectivity index (χ1n) is 9.63. The van der Waals surface area contributed by atoms with Gasteiger partial charge < -0.3 is 14.2 Å². The zero-order chi connectivity index (χ0) is 19.6. The van der Waals surface area contributed by atoms with Crippen molar-refractivity contribution in [3.63, 3.8) is 0 Å². The highest BCUT2D eigenvalue weighted by atomic mass is 32.1. The number of thiocarbonyl (C=S) groups is 1. The van der Waals surface area contributed by atoms with Crippen LogP contribution in [0.3, 0.4) is 0 Å². The van der Waals surface area contributed by atoms with E-state index in [4.69, 9.17) is 17.0 Å². The van der Waals surface area contributed by atoms with Crippen molar-refractivity contribution in [2.75, 3.05) is 13.7 Å². The Bertz CT molecular complexity index is 899. The molecular weight excluding hydrogens is 366 g/mol. The molecule has 0 spiro atoms. The molecule has 1 fully saturated rings. The Labute approximate surface area is 171 Å². The molecule has 0 amide bonds. The zero-order valence-electron chi connectivity index (χ0n) is 16.3.